The summed E-state index contributed by atoms with van der Waals surface area (Å²) >= 11 is 1.46. The zero-order chi connectivity index (χ0) is 21.0. The predicted octanol–water partition coefficient (Wildman–Crippen LogP) is 3.38. The number of fused-ring (bicyclic) bond motifs is 1. The van der Waals surface area contributed by atoms with Gasteiger partial charge in [-0.25, -0.2) is 9.50 Å². The van der Waals surface area contributed by atoms with Crippen molar-refractivity contribution in [3.63, 3.8) is 0 Å². The molecule has 31 heavy (non-hydrogen) atoms. The minimum Gasteiger partial charge on any atom is -0.325 e. The Hall–Kier alpha value is -3.37. The highest BCUT2D eigenvalue weighted by molar-refractivity contribution is 7.99. The maximum atomic E-state index is 12.2. The lowest BCUT2D eigenvalue weighted by molar-refractivity contribution is -0.117. The van der Waals surface area contributed by atoms with Crippen LogP contribution in [0.1, 0.15) is 12.8 Å². The average molecular weight is 435 g/mol. The number of H-pyrrole nitrogens is 1. The van der Waals surface area contributed by atoms with Crippen LogP contribution in [0.5, 0.6) is 0 Å². The summed E-state index contributed by atoms with van der Waals surface area (Å²) in [7, 11) is 0. The third kappa shape index (κ3) is 4.70. The molecule has 1 aliphatic heterocycles. The van der Waals surface area contributed by atoms with Gasteiger partial charge in [-0.05, 0) is 74.1 Å². The summed E-state index contributed by atoms with van der Waals surface area (Å²) < 4.78 is 1.79. The Bertz CT molecular complexity index is 1170. The Kier molecular flexibility index (Phi) is 5.55. The Morgan fingerprint density at radius 3 is 2.74 bits per heavy atom. The van der Waals surface area contributed by atoms with Gasteiger partial charge in [0.2, 0.25) is 11.1 Å². The fraction of sp³-hybridized carbons (Fsp3) is 0.238. The average Bonchev–Trinajstić information content (AvgIpc) is 3.52. The van der Waals surface area contributed by atoms with Gasteiger partial charge in [0.1, 0.15) is 11.3 Å². The lowest BCUT2D eigenvalue weighted by Crippen LogP contribution is -2.30. The summed E-state index contributed by atoms with van der Waals surface area (Å²) in [6, 6.07) is 13.4. The highest BCUT2D eigenvalue weighted by atomic mass is 32.2. The van der Waals surface area contributed by atoms with E-state index in [1.807, 2.05) is 48.7 Å². The highest BCUT2D eigenvalue weighted by Crippen LogP contribution is 2.28. The van der Waals surface area contributed by atoms with Crippen LogP contribution in [-0.4, -0.2) is 55.2 Å². The van der Waals surface area contributed by atoms with Crippen LogP contribution in [0.15, 0.2) is 64.9 Å². The number of aromatic nitrogens is 5. The first-order valence-corrected chi connectivity index (χ1v) is 11.0. The third-order valence-corrected chi connectivity index (χ3v) is 5.90. The van der Waals surface area contributed by atoms with E-state index in [4.69, 9.17) is 0 Å². The molecule has 0 saturated carbocycles. The van der Waals surface area contributed by atoms with E-state index in [2.05, 4.69) is 35.8 Å². The van der Waals surface area contributed by atoms with E-state index in [-0.39, 0.29) is 5.91 Å². The number of likely N-dealkylation sites (tertiary alicyclic amines) is 1. The molecule has 5 rings (SSSR count). The number of anilines is 3. The molecule has 4 heterocycles. The van der Waals surface area contributed by atoms with Gasteiger partial charge in [0, 0.05) is 22.8 Å². The van der Waals surface area contributed by atoms with Gasteiger partial charge in [0.05, 0.1) is 12.7 Å². The molecule has 0 radical (unpaired) electrons. The summed E-state index contributed by atoms with van der Waals surface area (Å²) in [6.45, 7) is 2.46. The summed E-state index contributed by atoms with van der Waals surface area (Å²) in [4.78, 5) is 20.1. The maximum absolute atomic E-state index is 12.2. The molecule has 1 saturated heterocycles. The summed E-state index contributed by atoms with van der Waals surface area (Å²) in [5, 5.41) is 18.2. The van der Waals surface area contributed by atoms with Crippen LogP contribution in [0.2, 0.25) is 0 Å². The van der Waals surface area contributed by atoms with Crippen LogP contribution in [-0.2, 0) is 4.79 Å². The largest absolute Gasteiger partial charge is 0.325 e. The molecular formula is C21H22N8OS. The monoisotopic (exact) mass is 434 g/mol. The fourth-order valence-corrected chi connectivity index (χ4v) is 4.31. The fourth-order valence-electron chi connectivity index (χ4n) is 3.56. The number of aromatic amines is 1. The zero-order valence-electron chi connectivity index (χ0n) is 16.8. The molecule has 10 heteroatoms. The third-order valence-electron chi connectivity index (χ3n) is 5.04. The minimum atomic E-state index is 0.0261. The predicted molar refractivity (Wildman–Crippen MR) is 120 cm³/mol. The van der Waals surface area contributed by atoms with Crippen LogP contribution < -0.4 is 10.6 Å². The first-order chi connectivity index (χ1) is 15.2. The molecule has 9 nitrogen and oxygen atoms in total. The molecule has 0 aliphatic carbocycles. The number of nitrogens with one attached hydrogen (secondary N) is 3. The van der Waals surface area contributed by atoms with Crippen molar-refractivity contribution in [1.82, 2.24) is 29.7 Å². The van der Waals surface area contributed by atoms with E-state index in [0.717, 1.165) is 35.0 Å². The van der Waals surface area contributed by atoms with Crippen LogP contribution >= 0.6 is 11.8 Å². The summed E-state index contributed by atoms with van der Waals surface area (Å²) in [5.41, 5.74) is 1.66. The van der Waals surface area contributed by atoms with Crippen molar-refractivity contribution >= 4 is 40.5 Å². The molecule has 0 atom stereocenters. The minimum absolute atomic E-state index is 0.0261. The Morgan fingerprint density at radius 2 is 1.97 bits per heavy atom. The van der Waals surface area contributed by atoms with Crippen LogP contribution in [0.4, 0.5) is 17.3 Å². The van der Waals surface area contributed by atoms with Gasteiger partial charge in [-0.3, -0.25) is 14.8 Å². The first-order valence-electron chi connectivity index (χ1n) is 10.1. The standard InChI is InChI=1S/C21H22N8OS/c30-19(14-28-11-1-2-12-28)23-15-5-7-16(8-6-15)31-21-25-20(24-18-9-10-22-26-18)17-4-3-13-29(17)27-21/h3-10,13H,1-2,11-12,14H2,(H,23,30)(H2,22,24,25,26,27). The zero-order valence-corrected chi connectivity index (χ0v) is 17.6. The molecule has 0 unspecified atom stereocenters. The molecule has 1 aromatic carbocycles. The summed E-state index contributed by atoms with van der Waals surface area (Å²) in [5.74, 6) is 1.47. The second-order valence-corrected chi connectivity index (χ2v) is 8.37. The topological polar surface area (TPSA) is 103 Å². The van der Waals surface area contributed by atoms with Gasteiger partial charge >= 0.3 is 0 Å². The Labute approximate surface area is 183 Å². The number of amides is 1. The molecule has 158 valence electrons. The quantitative estimate of drug-likeness (QED) is 0.410. The normalized spacial score (nSPS) is 14.2. The van der Waals surface area contributed by atoms with Crippen molar-refractivity contribution in [2.75, 3.05) is 30.3 Å². The second-order valence-electron chi connectivity index (χ2n) is 7.33. The van der Waals surface area contributed by atoms with E-state index < -0.39 is 0 Å². The molecule has 0 bridgehead atoms. The highest BCUT2D eigenvalue weighted by Gasteiger charge is 2.15. The molecule has 3 N–H and O–H groups in total. The van der Waals surface area contributed by atoms with E-state index in [1.54, 1.807) is 10.7 Å². The van der Waals surface area contributed by atoms with E-state index in [1.165, 1.54) is 24.6 Å². The SMILES string of the molecule is O=C(CN1CCCC1)Nc1ccc(Sc2nc(Nc3ccn[nH]3)c3cccn3n2)cc1. The van der Waals surface area contributed by atoms with Crippen LogP contribution in [0.3, 0.4) is 0 Å². The molecule has 4 aromatic rings. The van der Waals surface area contributed by atoms with E-state index >= 15 is 0 Å². The maximum Gasteiger partial charge on any atom is 0.238 e. The smallest absolute Gasteiger partial charge is 0.238 e. The first kappa shape index (κ1) is 19.6. The lowest BCUT2D eigenvalue weighted by atomic mass is 10.3. The molecular weight excluding hydrogens is 412 g/mol. The second kappa shape index (κ2) is 8.78. The molecule has 1 fully saturated rings. The van der Waals surface area contributed by atoms with Crippen molar-refractivity contribution in [2.45, 2.75) is 22.9 Å². The van der Waals surface area contributed by atoms with Crippen LogP contribution in [0, 0.1) is 0 Å². The van der Waals surface area contributed by atoms with Gasteiger partial charge in [-0.1, -0.05) is 0 Å². The number of hydrogen-bond donors (Lipinski definition) is 3. The number of carbonyl (C=O) groups excluding carboxylic acids is 1. The molecule has 3 aromatic heterocycles. The molecule has 1 aliphatic rings. The van der Waals surface area contributed by atoms with Crippen molar-refractivity contribution in [3.8, 4) is 0 Å². The number of benzene rings is 1. The number of hydrogen-bond acceptors (Lipinski definition) is 7. The number of carbonyl (C=O) groups is 1. The van der Waals surface area contributed by atoms with Gasteiger partial charge in [-0.15, -0.1) is 5.10 Å². The van der Waals surface area contributed by atoms with Gasteiger partial charge in [0.25, 0.3) is 0 Å². The van der Waals surface area contributed by atoms with Crippen molar-refractivity contribution in [2.24, 2.45) is 0 Å². The van der Waals surface area contributed by atoms with E-state index in [0.29, 0.717) is 17.5 Å². The number of nitrogens with zero attached hydrogens (tertiary/aromatic N) is 5. The number of rotatable bonds is 7. The van der Waals surface area contributed by atoms with Crippen molar-refractivity contribution in [3.05, 3.63) is 54.9 Å². The van der Waals surface area contributed by atoms with Crippen molar-refractivity contribution < 1.29 is 4.79 Å². The lowest BCUT2D eigenvalue weighted by Gasteiger charge is -2.14. The van der Waals surface area contributed by atoms with Crippen molar-refractivity contribution in [1.29, 1.82) is 0 Å². The Balaban J connectivity index is 1.27. The summed E-state index contributed by atoms with van der Waals surface area (Å²) in [6.07, 6.45) is 5.92. The van der Waals surface area contributed by atoms with E-state index in [9.17, 15) is 4.79 Å². The molecule has 1 amide bonds. The Morgan fingerprint density at radius 1 is 1.13 bits per heavy atom. The van der Waals surface area contributed by atoms with Crippen LogP contribution in [0.25, 0.3) is 5.52 Å². The van der Waals surface area contributed by atoms with Gasteiger partial charge in [-0.2, -0.15) is 5.10 Å². The van der Waals surface area contributed by atoms with Gasteiger partial charge < -0.3 is 10.6 Å². The molecule has 0 spiro atoms. The van der Waals surface area contributed by atoms with Gasteiger partial charge in [0.15, 0.2) is 5.82 Å².